The number of carbonyl (C=O) groups excluding carboxylic acids is 2. The molecule has 0 fully saturated rings. The molecule has 0 aromatic heterocycles. The Morgan fingerprint density at radius 2 is 1.52 bits per heavy atom. The normalized spacial score (nSPS) is 10.4. The van der Waals surface area contributed by atoms with Gasteiger partial charge in [-0.3, -0.25) is 9.59 Å². The zero-order valence-electron chi connectivity index (χ0n) is 16.0. The quantitative estimate of drug-likeness (QED) is 0.512. The van der Waals surface area contributed by atoms with Gasteiger partial charge in [-0.05, 0) is 54.3 Å². The molecule has 0 atom stereocenters. The first-order valence-corrected chi connectivity index (χ1v) is 9.95. The predicted molar refractivity (Wildman–Crippen MR) is 117 cm³/mol. The molecule has 29 heavy (non-hydrogen) atoms. The molecule has 3 rings (SSSR count). The molecule has 3 aromatic carbocycles. The fourth-order valence-electron chi connectivity index (χ4n) is 2.98. The van der Waals surface area contributed by atoms with Crippen molar-refractivity contribution in [2.45, 2.75) is 19.3 Å². The van der Waals surface area contributed by atoms with Crippen LogP contribution < -0.4 is 10.6 Å². The van der Waals surface area contributed by atoms with Crippen LogP contribution in [0.15, 0.2) is 78.9 Å². The lowest BCUT2D eigenvalue weighted by molar-refractivity contribution is -0.116. The van der Waals surface area contributed by atoms with Crippen molar-refractivity contribution in [2.24, 2.45) is 0 Å². The Kier molecular flexibility index (Phi) is 7.42. The molecule has 148 valence electrons. The lowest BCUT2D eigenvalue weighted by atomic mass is 10.0. The third-order valence-corrected chi connectivity index (χ3v) is 4.75. The molecule has 0 saturated heterocycles. The Morgan fingerprint density at radius 3 is 2.28 bits per heavy atom. The summed E-state index contributed by atoms with van der Waals surface area (Å²) in [5.41, 5.74) is 3.64. The lowest BCUT2D eigenvalue weighted by Crippen LogP contribution is -2.25. The SMILES string of the molecule is O=C(CCCNC(=O)c1ccc(Cl)cc1)Nc1ccccc1Cc1ccccc1. The third kappa shape index (κ3) is 6.47. The number of anilines is 1. The van der Waals surface area contributed by atoms with E-state index >= 15 is 0 Å². The summed E-state index contributed by atoms with van der Waals surface area (Å²) in [5, 5.41) is 6.40. The topological polar surface area (TPSA) is 58.2 Å². The smallest absolute Gasteiger partial charge is 0.251 e. The standard InChI is InChI=1S/C24H23ClN2O2/c25-21-14-12-19(13-15-21)24(29)26-16-6-11-23(28)27-22-10-5-4-9-20(22)17-18-7-2-1-3-8-18/h1-5,7-10,12-15H,6,11,16-17H2,(H,26,29)(H,27,28). The second kappa shape index (κ2) is 10.4. The molecular formula is C24H23ClN2O2. The van der Waals surface area contributed by atoms with Crippen molar-refractivity contribution < 1.29 is 9.59 Å². The number of carbonyl (C=O) groups is 2. The van der Waals surface area contributed by atoms with E-state index in [1.165, 1.54) is 5.56 Å². The average molecular weight is 407 g/mol. The summed E-state index contributed by atoms with van der Waals surface area (Å²) < 4.78 is 0. The van der Waals surface area contributed by atoms with Crippen LogP contribution >= 0.6 is 11.6 Å². The van der Waals surface area contributed by atoms with Crippen molar-refractivity contribution in [1.29, 1.82) is 0 Å². The fraction of sp³-hybridized carbons (Fsp3) is 0.167. The first kappa shape index (κ1) is 20.6. The number of nitrogens with one attached hydrogen (secondary N) is 2. The predicted octanol–water partition coefficient (Wildman–Crippen LogP) is 5.08. The highest BCUT2D eigenvalue weighted by atomic mass is 35.5. The van der Waals surface area contributed by atoms with Gasteiger partial charge in [0.2, 0.25) is 5.91 Å². The first-order chi connectivity index (χ1) is 14.1. The Bertz CT molecular complexity index is 956. The lowest BCUT2D eigenvalue weighted by Gasteiger charge is -2.11. The van der Waals surface area contributed by atoms with E-state index < -0.39 is 0 Å². The zero-order chi connectivity index (χ0) is 20.5. The molecule has 0 unspecified atom stereocenters. The molecule has 0 radical (unpaired) electrons. The fourth-order valence-corrected chi connectivity index (χ4v) is 3.11. The monoisotopic (exact) mass is 406 g/mol. The molecule has 2 amide bonds. The van der Waals surface area contributed by atoms with Crippen LogP contribution in [-0.4, -0.2) is 18.4 Å². The average Bonchev–Trinajstić information content (AvgIpc) is 2.74. The molecule has 4 nitrogen and oxygen atoms in total. The maximum Gasteiger partial charge on any atom is 0.251 e. The summed E-state index contributed by atoms with van der Waals surface area (Å²) in [6, 6.07) is 24.7. The molecule has 0 bridgehead atoms. The van der Waals surface area contributed by atoms with Crippen LogP contribution in [0, 0.1) is 0 Å². The number of amides is 2. The van der Waals surface area contributed by atoms with Gasteiger partial charge in [0, 0.05) is 29.2 Å². The second-order valence-electron chi connectivity index (χ2n) is 6.73. The Morgan fingerprint density at radius 1 is 0.828 bits per heavy atom. The van der Waals surface area contributed by atoms with E-state index in [-0.39, 0.29) is 11.8 Å². The van der Waals surface area contributed by atoms with Crippen LogP contribution in [0.5, 0.6) is 0 Å². The highest BCUT2D eigenvalue weighted by Gasteiger charge is 2.08. The van der Waals surface area contributed by atoms with E-state index in [0.29, 0.717) is 30.0 Å². The summed E-state index contributed by atoms with van der Waals surface area (Å²) in [6.07, 6.45) is 1.65. The van der Waals surface area contributed by atoms with Crippen molar-refractivity contribution in [1.82, 2.24) is 5.32 Å². The van der Waals surface area contributed by atoms with Gasteiger partial charge in [-0.25, -0.2) is 0 Å². The molecule has 0 aliphatic carbocycles. The van der Waals surface area contributed by atoms with E-state index in [2.05, 4.69) is 22.8 Å². The third-order valence-electron chi connectivity index (χ3n) is 4.50. The Hall–Kier alpha value is -3.11. The van der Waals surface area contributed by atoms with Crippen molar-refractivity contribution in [3.63, 3.8) is 0 Å². The summed E-state index contributed by atoms with van der Waals surface area (Å²) in [6.45, 7) is 0.431. The molecule has 0 saturated carbocycles. The number of benzene rings is 3. The van der Waals surface area contributed by atoms with Crippen molar-refractivity contribution in [3.8, 4) is 0 Å². The largest absolute Gasteiger partial charge is 0.352 e. The van der Waals surface area contributed by atoms with Gasteiger partial charge in [0.05, 0.1) is 0 Å². The molecule has 3 aromatic rings. The second-order valence-corrected chi connectivity index (χ2v) is 7.17. The van der Waals surface area contributed by atoms with E-state index in [1.807, 2.05) is 42.5 Å². The summed E-state index contributed by atoms with van der Waals surface area (Å²) in [5.74, 6) is -0.235. The van der Waals surface area contributed by atoms with Gasteiger partial charge in [-0.1, -0.05) is 60.1 Å². The van der Waals surface area contributed by atoms with E-state index in [9.17, 15) is 9.59 Å². The van der Waals surface area contributed by atoms with Gasteiger partial charge in [0.25, 0.3) is 5.91 Å². The van der Waals surface area contributed by atoms with Crippen molar-refractivity contribution >= 4 is 29.1 Å². The van der Waals surface area contributed by atoms with Gasteiger partial charge in [0.15, 0.2) is 0 Å². The highest BCUT2D eigenvalue weighted by Crippen LogP contribution is 2.19. The van der Waals surface area contributed by atoms with Gasteiger partial charge >= 0.3 is 0 Å². The number of para-hydroxylation sites is 1. The Balaban J connectivity index is 1.46. The number of rotatable bonds is 8. The molecule has 0 aliphatic heterocycles. The molecule has 0 heterocycles. The van der Waals surface area contributed by atoms with Gasteiger partial charge < -0.3 is 10.6 Å². The maximum absolute atomic E-state index is 12.3. The highest BCUT2D eigenvalue weighted by molar-refractivity contribution is 6.30. The minimum Gasteiger partial charge on any atom is -0.352 e. The molecular weight excluding hydrogens is 384 g/mol. The van der Waals surface area contributed by atoms with Crippen LogP contribution in [0.1, 0.15) is 34.3 Å². The zero-order valence-corrected chi connectivity index (χ0v) is 16.8. The first-order valence-electron chi connectivity index (χ1n) is 9.57. The van der Waals surface area contributed by atoms with Crippen LogP contribution in [0.25, 0.3) is 0 Å². The number of hydrogen-bond donors (Lipinski definition) is 2. The van der Waals surface area contributed by atoms with Gasteiger partial charge in [0.1, 0.15) is 0 Å². The Labute approximate surface area is 175 Å². The maximum atomic E-state index is 12.3. The van der Waals surface area contributed by atoms with Gasteiger partial charge in [-0.2, -0.15) is 0 Å². The van der Waals surface area contributed by atoms with E-state index in [4.69, 9.17) is 11.6 Å². The minimum absolute atomic E-state index is 0.0637. The van der Waals surface area contributed by atoms with Gasteiger partial charge in [-0.15, -0.1) is 0 Å². The summed E-state index contributed by atoms with van der Waals surface area (Å²) in [4.78, 5) is 24.4. The molecule has 2 N–H and O–H groups in total. The number of halogens is 1. The summed E-state index contributed by atoms with van der Waals surface area (Å²) in [7, 11) is 0. The van der Waals surface area contributed by atoms with Crippen LogP contribution in [-0.2, 0) is 11.2 Å². The van der Waals surface area contributed by atoms with Crippen molar-refractivity contribution in [3.05, 3.63) is 101 Å². The van der Waals surface area contributed by atoms with E-state index in [0.717, 1.165) is 17.7 Å². The van der Waals surface area contributed by atoms with Crippen LogP contribution in [0.2, 0.25) is 5.02 Å². The van der Waals surface area contributed by atoms with Crippen LogP contribution in [0.4, 0.5) is 5.69 Å². The molecule has 0 aliphatic rings. The molecule has 5 heteroatoms. The van der Waals surface area contributed by atoms with Crippen LogP contribution in [0.3, 0.4) is 0 Å². The number of hydrogen-bond acceptors (Lipinski definition) is 2. The van der Waals surface area contributed by atoms with E-state index in [1.54, 1.807) is 24.3 Å². The summed E-state index contributed by atoms with van der Waals surface area (Å²) >= 11 is 5.82. The van der Waals surface area contributed by atoms with Crippen molar-refractivity contribution in [2.75, 3.05) is 11.9 Å². The minimum atomic E-state index is -0.171. The molecule has 0 spiro atoms.